The SMILES string of the molecule is O=C1CCc2c(S)cccc2C1. The fourth-order valence-corrected chi connectivity index (χ4v) is 1.98. The number of thiol groups is 1. The average Bonchev–Trinajstić information content (AvgIpc) is 2.04. The van der Waals surface area contributed by atoms with Crippen LogP contribution in [0, 0.1) is 0 Å². The van der Waals surface area contributed by atoms with Crippen LogP contribution in [0.5, 0.6) is 0 Å². The summed E-state index contributed by atoms with van der Waals surface area (Å²) in [5.41, 5.74) is 2.43. The molecule has 1 aliphatic carbocycles. The summed E-state index contributed by atoms with van der Waals surface area (Å²) in [6.07, 6.45) is 2.15. The molecule has 0 aliphatic heterocycles. The van der Waals surface area contributed by atoms with Crippen molar-refractivity contribution in [2.75, 3.05) is 0 Å². The monoisotopic (exact) mass is 178 g/mol. The van der Waals surface area contributed by atoms with E-state index in [0.717, 1.165) is 11.3 Å². The van der Waals surface area contributed by atoms with Gasteiger partial charge in [0.15, 0.2) is 0 Å². The van der Waals surface area contributed by atoms with Gasteiger partial charge in [0, 0.05) is 17.7 Å². The van der Waals surface area contributed by atoms with E-state index in [1.807, 2.05) is 18.2 Å². The molecular formula is C10H10OS. The van der Waals surface area contributed by atoms with Gasteiger partial charge in [-0.3, -0.25) is 4.79 Å². The lowest BCUT2D eigenvalue weighted by molar-refractivity contribution is -0.118. The van der Waals surface area contributed by atoms with Gasteiger partial charge in [0.25, 0.3) is 0 Å². The maximum atomic E-state index is 11.1. The maximum Gasteiger partial charge on any atom is 0.137 e. The van der Waals surface area contributed by atoms with Crippen molar-refractivity contribution in [1.82, 2.24) is 0 Å². The lowest BCUT2D eigenvalue weighted by atomic mass is 9.91. The molecule has 2 heteroatoms. The Hall–Kier alpha value is -0.760. The molecule has 0 radical (unpaired) electrons. The number of rotatable bonds is 0. The number of ketones is 1. The standard InChI is InChI=1S/C10H10OS/c11-8-4-5-9-7(6-8)2-1-3-10(9)12/h1-3,12H,4-6H2. The fourth-order valence-electron chi connectivity index (χ4n) is 1.64. The summed E-state index contributed by atoms with van der Waals surface area (Å²) in [5, 5.41) is 0. The smallest absolute Gasteiger partial charge is 0.137 e. The maximum absolute atomic E-state index is 11.1. The molecular weight excluding hydrogens is 168 g/mol. The van der Waals surface area contributed by atoms with Gasteiger partial charge in [-0.1, -0.05) is 12.1 Å². The zero-order chi connectivity index (χ0) is 8.55. The number of fused-ring (bicyclic) bond motifs is 1. The highest BCUT2D eigenvalue weighted by Gasteiger charge is 2.16. The van der Waals surface area contributed by atoms with Crippen LogP contribution < -0.4 is 0 Å². The van der Waals surface area contributed by atoms with Gasteiger partial charge >= 0.3 is 0 Å². The number of hydrogen-bond donors (Lipinski definition) is 1. The van der Waals surface area contributed by atoms with Gasteiger partial charge < -0.3 is 0 Å². The molecule has 0 saturated heterocycles. The van der Waals surface area contributed by atoms with Crippen molar-refractivity contribution in [3.05, 3.63) is 29.3 Å². The van der Waals surface area contributed by atoms with Crippen molar-refractivity contribution in [3.63, 3.8) is 0 Å². The minimum Gasteiger partial charge on any atom is -0.299 e. The van der Waals surface area contributed by atoms with Crippen molar-refractivity contribution in [3.8, 4) is 0 Å². The molecule has 0 unspecified atom stereocenters. The van der Waals surface area contributed by atoms with Gasteiger partial charge in [-0.2, -0.15) is 0 Å². The molecule has 1 nitrogen and oxygen atoms in total. The van der Waals surface area contributed by atoms with Gasteiger partial charge in [-0.15, -0.1) is 12.6 Å². The van der Waals surface area contributed by atoms with Crippen molar-refractivity contribution >= 4 is 18.4 Å². The number of carbonyl (C=O) groups is 1. The Labute approximate surface area is 77.2 Å². The molecule has 12 heavy (non-hydrogen) atoms. The summed E-state index contributed by atoms with van der Waals surface area (Å²) < 4.78 is 0. The molecule has 0 bridgehead atoms. The van der Waals surface area contributed by atoms with Gasteiger partial charge in [-0.05, 0) is 23.6 Å². The summed E-state index contributed by atoms with van der Waals surface area (Å²) >= 11 is 4.35. The number of carbonyl (C=O) groups excluding carboxylic acids is 1. The van der Waals surface area contributed by atoms with Crippen LogP contribution in [-0.2, 0) is 17.6 Å². The summed E-state index contributed by atoms with van der Waals surface area (Å²) in [7, 11) is 0. The molecule has 0 N–H and O–H groups in total. The molecule has 0 fully saturated rings. The van der Waals surface area contributed by atoms with Crippen LogP contribution in [-0.4, -0.2) is 5.78 Å². The van der Waals surface area contributed by atoms with Crippen LogP contribution >= 0.6 is 12.6 Å². The van der Waals surface area contributed by atoms with Crippen LogP contribution in [0.25, 0.3) is 0 Å². The molecule has 1 aromatic rings. The molecule has 0 heterocycles. The Bertz CT molecular complexity index is 331. The number of benzene rings is 1. The summed E-state index contributed by atoms with van der Waals surface area (Å²) in [5.74, 6) is 0.349. The normalized spacial score (nSPS) is 15.9. The van der Waals surface area contributed by atoms with Crippen molar-refractivity contribution < 1.29 is 4.79 Å². The Morgan fingerprint density at radius 3 is 2.92 bits per heavy atom. The second-order valence-corrected chi connectivity index (χ2v) is 3.61. The fraction of sp³-hybridized carbons (Fsp3) is 0.300. The molecule has 0 spiro atoms. The quantitative estimate of drug-likeness (QED) is 0.601. The third kappa shape index (κ3) is 1.27. The molecule has 1 aliphatic rings. The minimum absolute atomic E-state index is 0.349. The molecule has 0 saturated carbocycles. The van der Waals surface area contributed by atoms with Crippen LogP contribution in [0.3, 0.4) is 0 Å². The van der Waals surface area contributed by atoms with E-state index in [1.54, 1.807) is 0 Å². The summed E-state index contributed by atoms with van der Waals surface area (Å²) in [4.78, 5) is 12.1. The number of hydrogen-bond acceptors (Lipinski definition) is 2. The van der Waals surface area contributed by atoms with Gasteiger partial charge in [0.1, 0.15) is 5.78 Å². The second kappa shape index (κ2) is 2.94. The zero-order valence-electron chi connectivity index (χ0n) is 6.71. The number of Topliss-reactive ketones (excluding diaryl/α,β-unsaturated/α-hetero) is 1. The third-order valence-corrected chi connectivity index (χ3v) is 2.71. The van der Waals surface area contributed by atoms with Gasteiger partial charge in [-0.25, -0.2) is 0 Å². The van der Waals surface area contributed by atoms with Crippen LogP contribution in [0.15, 0.2) is 23.1 Å². The highest BCUT2D eigenvalue weighted by Crippen LogP contribution is 2.24. The lowest BCUT2D eigenvalue weighted by Gasteiger charge is -2.15. The lowest BCUT2D eigenvalue weighted by Crippen LogP contribution is -2.13. The largest absolute Gasteiger partial charge is 0.299 e. The molecule has 0 amide bonds. The van der Waals surface area contributed by atoms with Gasteiger partial charge in [0.2, 0.25) is 0 Å². The molecule has 0 atom stereocenters. The van der Waals surface area contributed by atoms with E-state index in [4.69, 9.17) is 0 Å². The Morgan fingerprint density at radius 2 is 2.08 bits per heavy atom. The molecule has 1 aromatic carbocycles. The van der Waals surface area contributed by atoms with E-state index in [1.165, 1.54) is 11.1 Å². The summed E-state index contributed by atoms with van der Waals surface area (Å²) in [6, 6.07) is 5.96. The van der Waals surface area contributed by atoms with Crippen molar-refractivity contribution in [2.45, 2.75) is 24.2 Å². The Balaban J connectivity index is 2.48. The van der Waals surface area contributed by atoms with E-state index in [2.05, 4.69) is 12.6 Å². The zero-order valence-corrected chi connectivity index (χ0v) is 7.60. The van der Waals surface area contributed by atoms with Crippen LogP contribution in [0.1, 0.15) is 17.5 Å². The summed E-state index contributed by atoms with van der Waals surface area (Å²) in [6.45, 7) is 0. The third-order valence-electron chi connectivity index (χ3n) is 2.29. The molecule has 2 rings (SSSR count). The predicted octanol–water partition coefficient (Wildman–Crippen LogP) is 2.03. The van der Waals surface area contributed by atoms with Gasteiger partial charge in [0.05, 0.1) is 0 Å². The Kier molecular flexibility index (Phi) is 1.93. The molecule has 62 valence electrons. The average molecular weight is 178 g/mol. The van der Waals surface area contributed by atoms with E-state index < -0.39 is 0 Å². The minimum atomic E-state index is 0.349. The first-order valence-corrected chi connectivity index (χ1v) is 4.53. The first-order chi connectivity index (χ1) is 5.77. The Morgan fingerprint density at radius 1 is 1.25 bits per heavy atom. The topological polar surface area (TPSA) is 17.1 Å². The van der Waals surface area contributed by atoms with Crippen molar-refractivity contribution in [2.24, 2.45) is 0 Å². The molecule has 0 aromatic heterocycles. The van der Waals surface area contributed by atoms with Crippen LogP contribution in [0.2, 0.25) is 0 Å². The van der Waals surface area contributed by atoms with E-state index in [0.29, 0.717) is 18.6 Å². The van der Waals surface area contributed by atoms with E-state index in [-0.39, 0.29) is 0 Å². The highest BCUT2D eigenvalue weighted by molar-refractivity contribution is 7.80. The first kappa shape index (κ1) is 7.87. The highest BCUT2D eigenvalue weighted by atomic mass is 32.1. The second-order valence-electron chi connectivity index (χ2n) is 3.13. The van der Waals surface area contributed by atoms with E-state index >= 15 is 0 Å². The van der Waals surface area contributed by atoms with E-state index in [9.17, 15) is 4.79 Å². The predicted molar refractivity (Wildman–Crippen MR) is 50.7 cm³/mol. The van der Waals surface area contributed by atoms with Crippen LogP contribution in [0.4, 0.5) is 0 Å². The van der Waals surface area contributed by atoms with Crippen molar-refractivity contribution in [1.29, 1.82) is 0 Å². The first-order valence-electron chi connectivity index (χ1n) is 4.09.